The summed E-state index contributed by atoms with van der Waals surface area (Å²) in [6.45, 7) is 0.283. The first-order valence-electron chi connectivity index (χ1n) is 6.96. The summed E-state index contributed by atoms with van der Waals surface area (Å²) in [6.07, 6.45) is 11.3. The van der Waals surface area contributed by atoms with Crippen molar-refractivity contribution in [3.8, 4) is 11.5 Å². The number of ether oxygens (including phenoxy) is 2. The van der Waals surface area contributed by atoms with Gasteiger partial charge in [0.05, 0.1) is 0 Å². The molecule has 6 heteroatoms. The van der Waals surface area contributed by atoms with Gasteiger partial charge >= 0.3 is 0 Å². The second-order valence-electron chi connectivity index (χ2n) is 4.86. The van der Waals surface area contributed by atoms with Gasteiger partial charge in [-0.1, -0.05) is 12.1 Å². The predicted octanol–water partition coefficient (Wildman–Crippen LogP) is 2.57. The molecule has 0 unspecified atom stereocenters. The largest absolute Gasteiger partial charge is 0.454 e. The maximum absolute atomic E-state index is 5.40. The van der Waals surface area contributed by atoms with E-state index in [1.807, 2.05) is 64.2 Å². The Morgan fingerprint density at radius 2 is 1.73 bits per heavy atom. The van der Waals surface area contributed by atoms with Gasteiger partial charge in [-0.05, 0) is 35.9 Å². The van der Waals surface area contributed by atoms with E-state index in [1.54, 1.807) is 12.4 Å². The maximum atomic E-state index is 5.40. The molecule has 0 spiro atoms. The number of allylic oxidation sites excluding steroid dienone is 1. The van der Waals surface area contributed by atoms with Gasteiger partial charge in [-0.2, -0.15) is 10.2 Å². The van der Waals surface area contributed by atoms with Crippen molar-refractivity contribution in [3.63, 3.8) is 0 Å². The lowest BCUT2D eigenvalue weighted by atomic mass is 10.2. The third-order valence-corrected chi connectivity index (χ3v) is 3.45. The van der Waals surface area contributed by atoms with Crippen molar-refractivity contribution in [1.82, 2.24) is 19.6 Å². The van der Waals surface area contributed by atoms with E-state index in [2.05, 4.69) is 10.2 Å². The quantitative estimate of drug-likeness (QED) is 0.742. The Kier molecular flexibility index (Phi) is 3.12. The van der Waals surface area contributed by atoms with Crippen molar-refractivity contribution < 1.29 is 9.47 Å². The number of rotatable bonds is 4. The molecule has 1 aromatic carbocycles. The van der Waals surface area contributed by atoms with E-state index in [-0.39, 0.29) is 13.0 Å². The average Bonchev–Trinajstić information content (AvgIpc) is 3.30. The van der Waals surface area contributed by atoms with Crippen LogP contribution in [0.2, 0.25) is 0 Å². The highest BCUT2D eigenvalue weighted by atomic mass is 16.7. The number of hydrogen-bond donors (Lipinski definition) is 0. The molecule has 0 aliphatic carbocycles. The Hall–Kier alpha value is -3.02. The van der Waals surface area contributed by atoms with Crippen molar-refractivity contribution >= 4 is 6.08 Å². The monoisotopic (exact) mass is 294 g/mol. The molecule has 110 valence electrons. The summed E-state index contributed by atoms with van der Waals surface area (Å²) in [5, 5.41) is 8.61. The number of fused-ring (bicyclic) bond motifs is 1. The van der Waals surface area contributed by atoms with Crippen LogP contribution in [-0.4, -0.2) is 26.4 Å². The Morgan fingerprint density at radius 3 is 2.41 bits per heavy atom. The van der Waals surface area contributed by atoms with Gasteiger partial charge in [0.2, 0.25) is 6.79 Å². The molecular weight excluding hydrogens is 280 g/mol. The smallest absolute Gasteiger partial charge is 0.231 e. The molecule has 6 nitrogen and oxygen atoms in total. The molecule has 0 N–H and O–H groups in total. The second kappa shape index (κ2) is 5.40. The van der Waals surface area contributed by atoms with E-state index in [1.165, 1.54) is 0 Å². The molecule has 0 radical (unpaired) electrons. The average molecular weight is 294 g/mol. The number of aromatic nitrogens is 4. The van der Waals surface area contributed by atoms with Crippen molar-refractivity contribution in [2.24, 2.45) is 0 Å². The lowest BCUT2D eigenvalue weighted by Gasteiger charge is -2.14. The van der Waals surface area contributed by atoms with E-state index in [9.17, 15) is 0 Å². The summed E-state index contributed by atoms with van der Waals surface area (Å²) >= 11 is 0. The normalized spacial score (nSPS) is 13.3. The maximum Gasteiger partial charge on any atom is 0.231 e. The number of nitrogens with zero attached hydrogens (tertiary/aromatic N) is 4. The molecule has 0 bridgehead atoms. The van der Waals surface area contributed by atoms with Crippen molar-refractivity contribution in [2.75, 3.05) is 6.79 Å². The summed E-state index contributed by atoms with van der Waals surface area (Å²) in [4.78, 5) is 0. The van der Waals surface area contributed by atoms with Crippen LogP contribution in [0, 0.1) is 0 Å². The first-order valence-corrected chi connectivity index (χ1v) is 6.96. The van der Waals surface area contributed by atoms with Crippen LogP contribution in [0.3, 0.4) is 0 Å². The third kappa shape index (κ3) is 2.35. The molecule has 0 saturated heterocycles. The molecule has 3 heterocycles. The fourth-order valence-electron chi connectivity index (χ4n) is 2.39. The van der Waals surface area contributed by atoms with Gasteiger partial charge in [-0.3, -0.25) is 0 Å². The topological polar surface area (TPSA) is 54.1 Å². The van der Waals surface area contributed by atoms with Gasteiger partial charge in [0.15, 0.2) is 17.7 Å². The second-order valence-corrected chi connectivity index (χ2v) is 4.86. The minimum atomic E-state index is -0.115. The van der Waals surface area contributed by atoms with Crippen LogP contribution in [-0.2, 0) is 0 Å². The van der Waals surface area contributed by atoms with Crippen LogP contribution >= 0.6 is 0 Å². The van der Waals surface area contributed by atoms with E-state index in [4.69, 9.17) is 9.47 Å². The fraction of sp³-hybridized carbons (Fsp3) is 0.125. The van der Waals surface area contributed by atoms with Crippen molar-refractivity contribution in [3.05, 3.63) is 66.8 Å². The van der Waals surface area contributed by atoms with Crippen LogP contribution in [0.25, 0.3) is 6.08 Å². The molecule has 1 aliphatic heterocycles. The van der Waals surface area contributed by atoms with Crippen LogP contribution in [0.4, 0.5) is 0 Å². The molecule has 4 rings (SSSR count). The first-order chi connectivity index (χ1) is 10.9. The summed E-state index contributed by atoms with van der Waals surface area (Å²) in [6, 6.07) is 9.66. The highest BCUT2D eigenvalue weighted by molar-refractivity contribution is 5.56. The predicted molar refractivity (Wildman–Crippen MR) is 80.5 cm³/mol. The highest BCUT2D eigenvalue weighted by Crippen LogP contribution is 2.33. The van der Waals surface area contributed by atoms with Crippen molar-refractivity contribution in [1.29, 1.82) is 0 Å². The lowest BCUT2D eigenvalue weighted by Crippen LogP contribution is -2.16. The van der Waals surface area contributed by atoms with Gasteiger partial charge in [0.25, 0.3) is 0 Å². The standard InChI is InChI=1S/C16H14N4O2/c1-7-17-19(9-1)16(20-10-2-8-18-20)6-4-13-3-5-14-15(11-13)22-12-21-14/h1-11,16H,12H2/b6-4+. The van der Waals surface area contributed by atoms with E-state index >= 15 is 0 Å². The number of hydrogen-bond acceptors (Lipinski definition) is 4. The highest BCUT2D eigenvalue weighted by Gasteiger charge is 2.13. The zero-order valence-electron chi connectivity index (χ0n) is 11.7. The van der Waals surface area contributed by atoms with E-state index < -0.39 is 0 Å². The Balaban J connectivity index is 1.64. The Labute approximate surface area is 127 Å². The molecule has 0 atom stereocenters. The summed E-state index contributed by atoms with van der Waals surface area (Å²) in [7, 11) is 0. The van der Waals surface area contributed by atoms with E-state index in [0.717, 1.165) is 17.1 Å². The van der Waals surface area contributed by atoms with Crippen LogP contribution < -0.4 is 9.47 Å². The molecule has 0 saturated carbocycles. The molecule has 0 amide bonds. The van der Waals surface area contributed by atoms with Crippen LogP contribution in [0.5, 0.6) is 11.5 Å². The first kappa shape index (κ1) is 12.7. The van der Waals surface area contributed by atoms with Gasteiger partial charge < -0.3 is 9.47 Å². The SMILES string of the molecule is C(=C\C(n1cccn1)n1cccn1)/c1ccc2c(c1)OCO2. The zero-order valence-corrected chi connectivity index (χ0v) is 11.7. The van der Waals surface area contributed by atoms with Gasteiger partial charge in [0, 0.05) is 24.8 Å². The van der Waals surface area contributed by atoms with Gasteiger partial charge in [0.1, 0.15) is 0 Å². The van der Waals surface area contributed by atoms with E-state index in [0.29, 0.717) is 0 Å². The Bertz CT molecular complexity index is 744. The fourth-order valence-corrected chi connectivity index (χ4v) is 2.39. The lowest BCUT2D eigenvalue weighted by molar-refractivity contribution is 0.174. The summed E-state index contributed by atoms with van der Waals surface area (Å²) in [5.74, 6) is 1.56. The van der Waals surface area contributed by atoms with Gasteiger partial charge in [-0.15, -0.1) is 0 Å². The summed E-state index contributed by atoms with van der Waals surface area (Å²) < 4.78 is 14.4. The minimum Gasteiger partial charge on any atom is -0.454 e. The van der Waals surface area contributed by atoms with Crippen LogP contribution in [0.15, 0.2) is 61.2 Å². The zero-order chi connectivity index (χ0) is 14.8. The third-order valence-electron chi connectivity index (χ3n) is 3.45. The number of benzene rings is 1. The minimum absolute atomic E-state index is 0.115. The molecule has 3 aromatic rings. The van der Waals surface area contributed by atoms with Gasteiger partial charge in [-0.25, -0.2) is 9.36 Å². The Morgan fingerprint density at radius 1 is 1.00 bits per heavy atom. The van der Waals surface area contributed by atoms with Crippen LogP contribution in [0.1, 0.15) is 11.7 Å². The molecule has 2 aromatic heterocycles. The molecule has 1 aliphatic rings. The van der Waals surface area contributed by atoms with Crippen molar-refractivity contribution in [2.45, 2.75) is 6.17 Å². The molecular formula is C16H14N4O2. The molecule has 22 heavy (non-hydrogen) atoms. The molecule has 0 fully saturated rings. The summed E-state index contributed by atoms with van der Waals surface area (Å²) in [5.41, 5.74) is 1.04.